The molecule has 1 N–H and O–H groups in total. The van der Waals surface area contributed by atoms with Gasteiger partial charge in [0, 0.05) is 6.54 Å². The van der Waals surface area contributed by atoms with Crippen LogP contribution >= 0.6 is 0 Å². The van der Waals surface area contributed by atoms with Gasteiger partial charge in [0.2, 0.25) is 0 Å². The van der Waals surface area contributed by atoms with Crippen molar-refractivity contribution in [1.82, 2.24) is 5.32 Å². The third-order valence-electron chi connectivity index (χ3n) is 4.19. The van der Waals surface area contributed by atoms with E-state index in [0.717, 1.165) is 0 Å². The fourth-order valence-corrected chi connectivity index (χ4v) is 2.92. The molecule has 0 aromatic heterocycles. The number of rotatable bonds is 5. The summed E-state index contributed by atoms with van der Waals surface area (Å²) in [5.74, 6) is 0.638. The second-order valence-corrected chi connectivity index (χ2v) is 5.96. The lowest BCUT2D eigenvalue weighted by atomic mass is 9.65. The normalized spacial score (nSPS) is 18.1. The predicted octanol–water partition coefficient (Wildman–Crippen LogP) is 3.74. The van der Waals surface area contributed by atoms with Crippen molar-refractivity contribution < 1.29 is 0 Å². The largest absolute Gasteiger partial charge is 0.319 e. The standard InChI is InChI=1S/C16H25N/c1-13(2)15-7-5-14(6-8-15)11-16(12-17-3)9-4-10-16/h5-8,13,17H,4,9-12H2,1-3H3. The molecule has 0 spiro atoms. The third-order valence-corrected chi connectivity index (χ3v) is 4.19. The summed E-state index contributed by atoms with van der Waals surface area (Å²) in [6.07, 6.45) is 5.43. The summed E-state index contributed by atoms with van der Waals surface area (Å²) >= 11 is 0. The first-order valence-electron chi connectivity index (χ1n) is 6.89. The van der Waals surface area contributed by atoms with Crippen LogP contribution in [0.5, 0.6) is 0 Å². The van der Waals surface area contributed by atoms with Gasteiger partial charge in [-0.1, -0.05) is 44.5 Å². The van der Waals surface area contributed by atoms with E-state index in [2.05, 4.69) is 50.5 Å². The Hall–Kier alpha value is -0.820. The van der Waals surface area contributed by atoms with Crippen LogP contribution in [-0.2, 0) is 6.42 Å². The van der Waals surface area contributed by atoms with Crippen LogP contribution < -0.4 is 5.32 Å². The Morgan fingerprint density at radius 3 is 2.24 bits per heavy atom. The molecule has 0 atom stereocenters. The molecule has 0 heterocycles. The van der Waals surface area contributed by atoms with Crippen molar-refractivity contribution in [3.63, 3.8) is 0 Å². The van der Waals surface area contributed by atoms with Gasteiger partial charge in [-0.25, -0.2) is 0 Å². The minimum absolute atomic E-state index is 0.550. The summed E-state index contributed by atoms with van der Waals surface area (Å²) in [5, 5.41) is 3.36. The van der Waals surface area contributed by atoms with Crippen molar-refractivity contribution in [2.45, 2.75) is 45.4 Å². The van der Waals surface area contributed by atoms with Crippen LogP contribution in [0.15, 0.2) is 24.3 Å². The summed E-state index contributed by atoms with van der Waals surface area (Å²) in [7, 11) is 2.07. The van der Waals surface area contributed by atoms with E-state index in [9.17, 15) is 0 Å². The highest BCUT2D eigenvalue weighted by Crippen LogP contribution is 2.43. The van der Waals surface area contributed by atoms with Crippen LogP contribution in [0.25, 0.3) is 0 Å². The van der Waals surface area contributed by atoms with E-state index >= 15 is 0 Å². The van der Waals surface area contributed by atoms with Gasteiger partial charge in [0.15, 0.2) is 0 Å². The van der Waals surface area contributed by atoms with Gasteiger partial charge in [-0.15, -0.1) is 0 Å². The van der Waals surface area contributed by atoms with E-state index in [0.29, 0.717) is 11.3 Å². The quantitative estimate of drug-likeness (QED) is 0.814. The molecular formula is C16H25N. The zero-order valence-electron chi connectivity index (χ0n) is 11.4. The van der Waals surface area contributed by atoms with Gasteiger partial charge in [-0.05, 0) is 48.8 Å². The Balaban J connectivity index is 2.03. The van der Waals surface area contributed by atoms with E-state index in [1.165, 1.54) is 43.4 Å². The average molecular weight is 231 g/mol. The summed E-state index contributed by atoms with van der Waals surface area (Å²) in [6, 6.07) is 9.24. The SMILES string of the molecule is CNCC1(Cc2ccc(C(C)C)cc2)CCC1. The van der Waals surface area contributed by atoms with Crippen LogP contribution in [0.2, 0.25) is 0 Å². The molecule has 17 heavy (non-hydrogen) atoms. The summed E-state index contributed by atoms with van der Waals surface area (Å²) in [4.78, 5) is 0. The van der Waals surface area contributed by atoms with Crippen molar-refractivity contribution >= 4 is 0 Å². The summed E-state index contributed by atoms with van der Waals surface area (Å²) in [6.45, 7) is 5.67. The van der Waals surface area contributed by atoms with Crippen LogP contribution in [0.3, 0.4) is 0 Å². The van der Waals surface area contributed by atoms with Crippen molar-refractivity contribution in [3.8, 4) is 0 Å². The minimum atomic E-state index is 0.550. The molecule has 1 heteroatoms. The molecule has 1 saturated carbocycles. The van der Waals surface area contributed by atoms with E-state index in [1.54, 1.807) is 0 Å². The van der Waals surface area contributed by atoms with Gasteiger partial charge in [0.05, 0.1) is 0 Å². The van der Waals surface area contributed by atoms with Gasteiger partial charge in [0.25, 0.3) is 0 Å². The van der Waals surface area contributed by atoms with Crippen LogP contribution in [0.4, 0.5) is 0 Å². The molecule has 0 bridgehead atoms. The zero-order valence-corrected chi connectivity index (χ0v) is 11.4. The first-order chi connectivity index (χ1) is 8.15. The molecule has 1 aliphatic rings. The Morgan fingerprint density at radius 2 is 1.82 bits per heavy atom. The van der Waals surface area contributed by atoms with Gasteiger partial charge in [-0.2, -0.15) is 0 Å². The van der Waals surface area contributed by atoms with Crippen molar-refractivity contribution in [3.05, 3.63) is 35.4 Å². The number of benzene rings is 1. The van der Waals surface area contributed by atoms with Crippen molar-refractivity contribution in [1.29, 1.82) is 0 Å². The van der Waals surface area contributed by atoms with Crippen LogP contribution in [0, 0.1) is 5.41 Å². The van der Waals surface area contributed by atoms with Gasteiger partial charge < -0.3 is 5.32 Å². The highest BCUT2D eigenvalue weighted by molar-refractivity contribution is 5.26. The van der Waals surface area contributed by atoms with E-state index in [-0.39, 0.29) is 0 Å². The number of hydrogen-bond acceptors (Lipinski definition) is 1. The molecule has 0 unspecified atom stereocenters. The van der Waals surface area contributed by atoms with Gasteiger partial charge in [0.1, 0.15) is 0 Å². The number of nitrogens with one attached hydrogen (secondary N) is 1. The molecule has 1 nitrogen and oxygen atoms in total. The Kier molecular flexibility index (Phi) is 3.88. The van der Waals surface area contributed by atoms with Crippen molar-refractivity contribution in [2.24, 2.45) is 5.41 Å². The second kappa shape index (κ2) is 5.22. The summed E-state index contributed by atoms with van der Waals surface area (Å²) in [5.41, 5.74) is 3.50. The molecule has 1 aliphatic carbocycles. The molecule has 1 aromatic carbocycles. The molecule has 0 saturated heterocycles. The lowest BCUT2D eigenvalue weighted by Crippen LogP contribution is -2.40. The Morgan fingerprint density at radius 1 is 1.18 bits per heavy atom. The fourth-order valence-electron chi connectivity index (χ4n) is 2.92. The first kappa shape index (κ1) is 12.6. The maximum absolute atomic E-state index is 3.36. The molecular weight excluding hydrogens is 206 g/mol. The second-order valence-electron chi connectivity index (χ2n) is 5.96. The monoisotopic (exact) mass is 231 g/mol. The molecule has 0 radical (unpaired) electrons. The molecule has 2 rings (SSSR count). The first-order valence-corrected chi connectivity index (χ1v) is 6.89. The predicted molar refractivity (Wildman–Crippen MR) is 74.4 cm³/mol. The molecule has 94 valence electrons. The maximum atomic E-state index is 3.36. The molecule has 0 aliphatic heterocycles. The summed E-state index contributed by atoms with van der Waals surface area (Å²) < 4.78 is 0. The maximum Gasteiger partial charge on any atom is 0.000799 e. The van der Waals surface area contributed by atoms with Crippen LogP contribution in [-0.4, -0.2) is 13.6 Å². The van der Waals surface area contributed by atoms with Gasteiger partial charge in [-0.3, -0.25) is 0 Å². The average Bonchev–Trinajstić information content (AvgIpc) is 2.27. The van der Waals surface area contributed by atoms with Crippen molar-refractivity contribution in [2.75, 3.05) is 13.6 Å². The molecule has 1 aromatic rings. The number of hydrogen-bond donors (Lipinski definition) is 1. The van der Waals surface area contributed by atoms with E-state index in [4.69, 9.17) is 0 Å². The van der Waals surface area contributed by atoms with E-state index in [1.807, 2.05) is 0 Å². The lowest BCUT2D eigenvalue weighted by molar-refractivity contribution is 0.133. The smallest absolute Gasteiger partial charge is 0.000799 e. The lowest BCUT2D eigenvalue weighted by Gasteiger charge is -2.42. The topological polar surface area (TPSA) is 12.0 Å². The fraction of sp³-hybridized carbons (Fsp3) is 0.625. The highest BCUT2D eigenvalue weighted by Gasteiger charge is 2.36. The van der Waals surface area contributed by atoms with Gasteiger partial charge >= 0.3 is 0 Å². The minimum Gasteiger partial charge on any atom is -0.319 e. The zero-order chi connectivity index (χ0) is 12.3. The molecule has 1 fully saturated rings. The Bertz CT molecular complexity index is 346. The highest BCUT2D eigenvalue weighted by atomic mass is 14.8. The molecule has 0 amide bonds. The van der Waals surface area contributed by atoms with E-state index < -0.39 is 0 Å². The van der Waals surface area contributed by atoms with Crippen LogP contribution in [0.1, 0.15) is 50.2 Å². The Labute approximate surface area is 106 Å². The third kappa shape index (κ3) is 2.90.